The van der Waals surface area contributed by atoms with E-state index in [2.05, 4.69) is 32.5 Å². The van der Waals surface area contributed by atoms with E-state index in [9.17, 15) is 9.90 Å². The van der Waals surface area contributed by atoms with Crippen LogP contribution in [-0.4, -0.2) is 45.7 Å². The van der Waals surface area contributed by atoms with Crippen LogP contribution in [0.1, 0.15) is 17.2 Å². The van der Waals surface area contributed by atoms with E-state index in [-0.39, 0.29) is 18.6 Å². The molecule has 4 N–H and O–H groups in total. The average Bonchev–Trinajstić information content (AvgIpc) is 2.93. The second kappa shape index (κ2) is 10.6. The minimum atomic E-state index is -0.295. The van der Waals surface area contributed by atoms with E-state index >= 15 is 0 Å². The van der Waals surface area contributed by atoms with Gasteiger partial charge in [0.1, 0.15) is 0 Å². The zero-order chi connectivity index (χ0) is 24.9. The molecule has 1 aliphatic rings. The zero-order valence-electron chi connectivity index (χ0n) is 19.6. The van der Waals surface area contributed by atoms with Crippen molar-refractivity contribution in [2.75, 3.05) is 30.3 Å². The quantitative estimate of drug-likeness (QED) is 0.294. The van der Waals surface area contributed by atoms with Crippen LogP contribution >= 0.6 is 0 Å². The molecular weight excluding hydrogens is 456 g/mol. The summed E-state index contributed by atoms with van der Waals surface area (Å²) in [5.41, 5.74) is 5.23. The molecule has 36 heavy (non-hydrogen) atoms. The van der Waals surface area contributed by atoms with Crippen molar-refractivity contribution in [1.82, 2.24) is 20.3 Å². The van der Waals surface area contributed by atoms with Gasteiger partial charge in [0.2, 0.25) is 11.9 Å². The maximum Gasteiger partial charge on any atom is 0.247 e. The molecule has 2 aromatic heterocycles. The number of morpholine rings is 1. The summed E-state index contributed by atoms with van der Waals surface area (Å²) in [5, 5.41) is 20.2. The average molecular weight is 483 g/mol. The molecule has 4 aromatic rings. The summed E-state index contributed by atoms with van der Waals surface area (Å²) in [7, 11) is 0. The molecule has 1 atom stereocenters. The van der Waals surface area contributed by atoms with Crippen LogP contribution in [0.25, 0.3) is 22.2 Å². The number of rotatable bonds is 7. The number of para-hydroxylation sites is 1. The predicted molar refractivity (Wildman–Crippen MR) is 139 cm³/mol. The number of fused-ring (bicyclic) bond motifs is 1. The monoisotopic (exact) mass is 482 g/mol. The van der Waals surface area contributed by atoms with Gasteiger partial charge in [-0.1, -0.05) is 30.8 Å². The fraction of sp³-hybridized carbons (Fsp3) is 0.185. The highest BCUT2D eigenvalue weighted by Gasteiger charge is 2.17. The van der Waals surface area contributed by atoms with E-state index in [1.54, 1.807) is 24.5 Å². The van der Waals surface area contributed by atoms with Gasteiger partial charge in [-0.15, -0.1) is 0 Å². The van der Waals surface area contributed by atoms with E-state index in [4.69, 9.17) is 9.72 Å². The lowest BCUT2D eigenvalue weighted by atomic mass is 10.0. The first-order chi connectivity index (χ1) is 17.6. The van der Waals surface area contributed by atoms with Crippen molar-refractivity contribution < 1.29 is 14.6 Å². The van der Waals surface area contributed by atoms with E-state index in [0.29, 0.717) is 35.1 Å². The Morgan fingerprint density at radius 2 is 2.14 bits per heavy atom. The molecule has 182 valence electrons. The molecule has 1 amide bonds. The summed E-state index contributed by atoms with van der Waals surface area (Å²) in [6, 6.07) is 15.1. The van der Waals surface area contributed by atoms with Crippen LogP contribution in [0, 0.1) is 0 Å². The highest BCUT2D eigenvalue weighted by molar-refractivity contribution is 5.99. The first-order valence-corrected chi connectivity index (χ1v) is 11.6. The molecule has 9 nitrogen and oxygen atoms in total. The number of amides is 1. The minimum absolute atomic E-state index is 0.0443. The van der Waals surface area contributed by atoms with Crippen LogP contribution < -0.4 is 16.0 Å². The van der Waals surface area contributed by atoms with Gasteiger partial charge < -0.3 is 25.8 Å². The number of ether oxygens (including phenoxy) is 1. The fourth-order valence-electron chi connectivity index (χ4n) is 4.14. The highest BCUT2D eigenvalue weighted by atomic mass is 16.5. The molecule has 0 bridgehead atoms. The standard InChI is InChI=1S/C27H26N6O3/c1-2-25(35)31-20-8-9-29-23(13-20)21-5-3-4-18-14-30-27(33-26(18)21)32-22-7-6-17(12-19(22)16-34)24-15-28-10-11-36-24/h2-9,12-14,24,28,34H,1,10-11,15-16H2,(H,29,31,35)(H,30,32,33). The van der Waals surface area contributed by atoms with Gasteiger partial charge in [0.25, 0.3) is 0 Å². The van der Waals surface area contributed by atoms with Crippen molar-refractivity contribution >= 4 is 34.1 Å². The van der Waals surface area contributed by atoms with Gasteiger partial charge in [0.15, 0.2) is 0 Å². The van der Waals surface area contributed by atoms with Gasteiger partial charge in [0.05, 0.1) is 30.5 Å². The number of pyridine rings is 1. The van der Waals surface area contributed by atoms with Gasteiger partial charge in [0, 0.05) is 53.4 Å². The lowest BCUT2D eigenvalue weighted by Gasteiger charge is -2.24. The maximum absolute atomic E-state index is 11.7. The zero-order valence-corrected chi connectivity index (χ0v) is 19.6. The van der Waals surface area contributed by atoms with Gasteiger partial charge in [-0.2, -0.15) is 0 Å². The molecule has 0 radical (unpaired) electrons. The van der Waals surface area contributed by atoms with Crippen LogP contribution in [0.2, 0.25) is 0 Å². The predicted octanol–water partition coefficient (Wildman–Crippen LogP) is 3.71. The van der Waals surface area contributed by atoms with E-state index in [0.717, 1.165) is 35.2 Å². The highest BCUT2D eigenvalue weighted by Crippen LogP contribution is 2.30. The van der Waals surface area contributed by atoms with Crippen molar-refractivity contribution in [2.24, 2.45) is 0 Å². The molecule has 1 unspecified atom stereocenters. The van der Waals surface area contributed by atoms with Gasteiger partial charge >= 0.3 is 0 Å². The van der Waals surface area contributed by atoms with Crippen molar-refractivity contribution in [3.05, 3.63) is 84.7 Å². The summed E-state index contributed by atoms with van der Waals surface area (Å²) in [4.78, 5) is 25.4. The summed E-state index contributed by atoms with van der Waals surface area (Å²) in [6.07, 6.45) is 4.55. The van der Waals surface area contributed by atoms with Crippen molar-refractivity contribution in [3.63, 3.8) is 0 Å². The third-order valence-corrected chi connectivity index (χ3v) is 5.95. The van der Waals surface area contributed by atoms with Crippen LogP contribution in [0.3, 0.4) is 0 Å². The Balaban J connectivity index is 1.46. The number of anilines is 3. The first kappa shape index (κ1) is 23.6. The van der Waals surface area contributed by atoms with Crippen molar-refractivity contribution in [3.8, 4) is 11.3 Å². The van der Waals surface area contributed by atoms with Crippen LogP contribution in [-0.2, 0) is 16.1 Å². The Bertz CT molecular complexity index is 1420. The number of benzene rings is 2. The summed E-state index contributed by atoms with van der Waals surface area (Å²) in [5.74, 6) is 0.0972. The lowest BCUT2D eigenvalue weighted by molar-refractivity contribution is -0.111. The Kier molecular flexibility index (Phi) is 6.94. The molecule has 2 aromatic carbocycles. The normalized spacial score (nSPS) is 15.4. The van der Waals surface area contributed by atoms with E-state index in [1.807, 2.05) is 36.4 Å². The number of carbonyl (C=O) groups is 1. The fourth-order valence-corrected chi connectivity index (χ4v) is 4.14. The van der Waals surface area contributed by atoms with Gasteiger partial charge in [-0.25, -0.2) is 9.97 Å². The molecule has 1 saturated heterocycles. The molecule has 5 rings (SSSR count). The second-order valence-electron chi connectivity index (χ2n) is 8.32. The summed E-state index contributed by atoms with van der Waals surface area (Å²) < 4.78 is 5.84. The van der Waals surface area contributed by atoms with Crippen molar-refractivity contribution in [1.29, 1.82) is 0 Å². The van der Waals surface area contributed by atoms with E-state index in [1.165, 1.54) is 6.08 Å². The number of hydrogen-bond acceptors (Lipinski definition) is 8. The summed E-state index contributed by atoms with van der Waals surface area (Å²) >= 11 is 0. The van der Waals surface area contributed by atoms with Gasteiger partial charge in [-0.3, -0.25) is 9.78 Å². The molecule has 1 aliphatic heterocycles. The third kappa shape index (κ3) is 5.08. The largest absolute Gasteiger partial charge is 0.392 e. The Morgan fingerprint density at radius 1 is 1.22 bits per heavy atom. The maximum atomic E-state index is 11.7. The second-order valence-corrected chi connectivity index (χ2v) is 8.32. The number of carbonyl (C=O) groups excluding carboxylic acids is 1. The van der Waals surface area contributed by atoms with E-state index < -0.39 is 0 Å². The first-order valence-electron chi connectivity index (χ1n) is 11.6. The minimum Gasteiger partial charge on any atom is -0.392 e. The number of aliphatic hydroxyl groups excluding tert-OH is 1. The molecule has 0 spiro atoms. The van der Waals surface area contributed by atoms with Crippen LogP contribution in [0.4, 0.5) is 17.3 Å². The lowest BCUT2D eigenvalue weighted by Crippen LogP contribution is -2.33. The Labute approximate surface area is 208 Å². The Hall–Kier alpha value is -4.18. The number of aliphatic hydroxyl groups is 1. The van der Waals surface area contributed by atoms with Crippen LogP contribution in [0.5, 0.6) is 0 Å². The third-order valence-electron chi connectivity index (χ3n) is 5.95. The van der Waals surface area contributed by atoms with Crippen LogP contribution in [0.15, 0.2) is 73.6 Å². The molecule has 0 aliphatic carbocycles. The number of hydrogen-bond donors (Lipinski definition) is 4. The topological polar surface area (TPSA) is 121 Å². The SMILES string of the molecule is C=CC(=O)Nc1ccnc(-c2cccc3cnc(Nc4ccc(C5CNCCO5)cc4CO)nc23)c1. The molecular formula is C27H26N6O3. The summed E-state index contributed by atoms with van der Waals surface area (Å²) in [6.45, 7) is 5.59. The number of aromatic nitrogens is 3. The van der Waals surface area contributed by atoms with Crippen molar-refractivity contribution in [2.45, 2.75) is 12.7 Å². The van der Waals surface area contributed by atoms with Gasteiger partial charge in [-0.05, 0) is 35.9 Å². The Morgan fingerprint density at radius 3 is 2.94 bits per heavy atom. The molecule has 0 saturated carbocycles. The smallest absolute Gasteiger partial charge is 0.247 e. The number of nitrogens with one attached hydrogen (secondary N) is 3. The molecule has 9 heteroatoms. The molecule has 1 fully saturated rings. The number of nitrogens with zero attached hydrogens (tertiary/aromatic N) is 3. The molecule has 3 heterocycles.